The number of nitro benzene ring substituents is 1. The number of halogens is 1. The van der Waals surface area contributed by atoms with Crippen molar-refractivity contribution in [1.82, 2.24) is 10.3 Å². The molecule has 1 fully saturated rings. The number of amides is 1. The van der Waals surface area contributed by atoms with Crippen LogP contribution in [0, 0.1) is 10.1 Å². The third kappa shape index (κ3) is 5.56. The van der Waals surface area contributed by atoms with Gasteiger partial charge in [-0.25, -0.2) is 4.98 Å². The van der Waals surface area contributed by atoms with Crippen molar-refractivity contribution >= 4 is 73.5 Å². The predicted molar refractivity (Wildman–Crippen MR) is 153 cm³/mol. The minimum Gasteiger partial charge on any atom is -0.366 e. The van der Waals surface area contributed by atoms with Crippen molar-refractivity contribution < 1.29 is 9.72 Å². The number of aromatic nitrogens is 1. The van der Waals surface area contributed by atoms with Crippen LogP contribution in [0.15, 0.2) is 60.7 Å². The lowest BCUT2D eigenvalue weighted by molar-refractivity contribution is -0.384. The molecule has 3 aromatic carbocycles. The Morgan fingerprint density at radius 2 is 1.86 bits per heavy atom. The summed E-state index contributed by atoms with van der Waals surface area (Å²) in [6.45, 7) is 1.53. The summed E-state index contributed by atoms with van der Waals surface area (Å²) in [5.74, 6) is -0.536. The summed E-state index contributed by atoms with van der Waals surface area (Å²) in [6.07, 6.45) is 3.10. The zero-order chi connectivity index (χ0) is 25.9. The van der Waals surface area contributed by atoms with Gasteiger partial charge in [0.05, 0.1) is 20.2 Å². The number of nitrogens with zero attached hydrogens (tertiary/aromatic N) is 3. The molecule has 0 atom stereocenters. The Hall–Kier alpha value is -3.60. The normalized spacial score (nSPS) is 13.4. The van der Waals surface area contributed by atoms with Crippen LogP contribution in [0.4, 0.5) is 17.1 Å². The smallest absolute Gasteiger partial charge is 0.293 e. The number of anilines is 2. The first kappa shape index (κ1) is 25.1. The molecule has 0 aliphatic carbocycles. The van der Waals surface area contributed by atoms with Crippen molar-refractivity contribution in [2.75, 3.05) is 23.3 Å². The van der Waals surface area contributed by atoms with E-state index in [-0.39, 0.29) is 16.4 Å². The standard InChI is InChI=1S/C26H22ClN5O3S2/c27-19-10-9-17(15-18(19)25-29-20-6-2-3-7-23(20)37-25)28-26(36)30-24(33)16-8-11-21(22(14-16)32(34)35)31-12-4-1-5-13-31/h2-3,6-11,14-15H,1,4-5,12-13H2,(H2,28,30,33,36). The first-order valence-electron chi connectivity index (χ1n) is 11.7. The van der Waals surface area contributed by atoms with Gasteiger partial charge in [-0.2, -0.15) is 0 Å². The average Bonchev–Trinajstić information content (AvgIpc) is 3.34. The lowest BCUT2D eigenvalue weighted by Gasteiger charge is -2.28. The maximum absolute atomic E-state index is 12.8. The molecule has 1 aromatic heterocycles. The number of carbonyl (C=O) groups is 1. The van der Waals surface area contributed by atoms with Crippen molar-refractivity contribution in [1.29, 1.82) is 0 Å². The van der Waals surface area contributed by atoms with Gasteiger partial charge in [0.15, 0.2) is 5.11 Å². The van der Waals surface area contributed by atoms with Crippen molar-refractivity contribution in [2.24, 2.45) is 0 Å². The number of benzene rings is 3. The van der Waals surface area contributed by atoms with Gasteiger partial charge < -0.3 is 10.2 Å². The minimum atomic E-state index is -0.536. The van der Waals surface area contributed by atoms with E-state index in [2.05, 4.69) is 15.6 Å². The topological polar surface area (TPSA) is 100 Å². The van der Waals surface area contributed by atoms with Gasteiger partial charge >= 0.3 is 0 Å². The molecule has 1 aliphatic heterocycles. The predicted octanol–water partition coefficient (Wildman–Crippen LogP) is 6.64. The number of thiazole rings is 1. The Labute approximate surface area is 227 Å². The second kappa shape index (κ2) is 10.8. The van der Waals surface area contributed by atoms with Crippen LogP contribution in [0.5, 0.6) is 0 Å². The Bertz CT molecular complexity index is 1480. The zero-order valence-electron chi connectivity index (χ0n) is 19.6. The van der Waals surface area contributed by atoms with E-state index < -0.39 is 10.8 Å². The minimum absolute atomic E-state index is 0.0605. The molecule has 2 heterocycles. The molecule has 4 aromatic rings. The number of nitrogens with one attached hydrogen (secondary N) is 2. The number of hydrogen-bond donors (Lipinski definition) is 2. The summed E-state index contributed by atoms with van der Waals surface area (Å²) < 4.78 is 1.05. The highest BCUT2D eigenvalue weighted by Crippen LogP contribution is 2.36. The molecular weight excluding hydrogens is 530 g/mol. The van der Waals surface area contributed by atoms with Crippen molar-refractivity contribution in [2.45, 2.75) is 19.3 Å². The molecule has 11 heteroatoms. The monoisotopic (exact) mass is 551 g/mol. The van der Waals surface area contributed by atoms with Crippen LogP contribution in [0.3, 0.4) is 0 Å². The van der Waals surface area contributed by atoms with Crippen molar-refractivity contribution in [3.63, 3.8) is 0 Å². The summed E-state index contributed by atoms with van der Waals surface area (Å²) in [4.78, 5) is 30.8. The first-order valence-corrected chi connectivity index (χ1v) is 13.3. The van der Waals surface area contributed by atoms with E-state index in [0.717, 1.165) is 53.1 Å². The molecule has 8 nitrogen and oxygen atoms in total. The highest BCUT2D eigenvalue weighted by Gasteiger charge is 2.23. The number of thiocarbonyl (C=S) groups is 1. The van der Waals surface area contributed by atoms with Gasteiger partial charge in [-0.1, -0.05) is 23.7 Å². The molecule has 0 bridgehead atoms. The highest BCUT2D eigenvalue weighted by atomic mass is 35.5. The van der Waals surface area contributed by atoms with Gasteiger partial charge in [-0.3, -0.25) is 20.2 Å². The Kier molecular flexibility index (Phi) is 7.31. The molecule has 5 rings (SSSR count). The molecule has 0 unspecified atom stereocenters. The SMILES string of the molecule is O=C(NC(=S)Nc1ccc(Cl)c(-c2nc3ccccc3s2)c1)c1ccc(N2CCCCC2)c([N+](=O)[O-])c1. The average molecular weight is 552 g/mol. The Balaban J connectivity index is 1.30. The van der Waals surface area contributed by atoms with Crippen LogP contribution in [-0.4, -0.2) is 34.0 Å². The van der Waals surface area contributed by atoms with Crippen LogP contribution >= 0.6 is 35.2 Å². The summed E-state index contributed by atoms with van der Waals surface area (Å²) in [6, 6.07) is 17.7. The second-order valence-electron chi connectivity index (χ2n) is 8.60. The fourth-order valence-corrected chi connectivity index (χ4v) is 5.77. The third-order valence-electron chi connectivity index (χ3n) is 6.11. The quantitative estimate of drug-likeness (QED) is 0.163. The molecular formula is C26H22ClN5O3S2. The molecule has 2 N–H and O–H groups in total. The number of piperidine rings is 1. The van der Waals surface area contributed by atoms with Crippen LogP contribution in [0.25, 0.3) is 20.8 Å². The summed E-state index contributed by atoms with van der Waals surface area (Å²) in [5.41, 5.74) is 2.85. The van der Waals surface area contributed by atoms with Crippen LogP contribution in [-0.2, 0) is 0 Å². The molecule has 0 saturated carbocycles. The number of para-hydroxylation sites is 1. The molecule has 37 heavy (non-hydrogen) atoms. The van der Waals surface area contributed by atoms with E-state index in [0.29, 0.717) is 16.4 Å². The van der Waals surface area contributed by atoms with Gasteiger partial charge in [0.2, 0.25) is 0 Å². The van der Waals surface area contributed by atoms with Gasteiger partial charge in [0.1, 0.15) is 10.7 Å². The number of rotatable bonds is 5. The van der Waals surface area contributed by atoms with Crippen molar-refractivity contribution in [3.8, 4) is 10.6 Å². The first-order chi connectivity index (χ1) is 17.9. The van der Waals surface area contributed by atoms with E-state index >= 15 is 0 Å². The lowest BCUT2D eigenvalue weighted by Crippen LogP contribution is -2.34. The molecule has 1 aliphatic rings. The lowest BCUT2D eigenvalue weighted by atomic mass is 10.1. The van der Waals surface area contributed by atoms with E-state index in [1.165, 1.54) is 17.4 Å². The fraction of sp³-hybridized carbons (Fsp3) is 0.192. The Morgan fingerprint density at radius 1 is 1.08 bits per heavy atom. The van der Waals surface area contributed by atoms with E-state index in [1.807, 2.05) is 35.2 Å². The summed E-state index contributed by atoms with van der Waals surface area (Å²) >= 11 is 13.3. The maximum atomic E-state index is 12.8. The molecule has 1 amide bonds. The van der Waals surface area contributed by atoms with Crippen LogP contribution < -0.4 is 15.5 Å². The number of carbonyl (C=O) groups excluding carboxylic acids is 1. The maximum Gasteiger partial charge on any atom is 0.293 e. The molecule has 0 spiro atoms. The van der Waals surface area contributed by atoms with Crippen LogP contribution in [0.2, 0.25) is 5.02 Å². The Morgan fingerprint density at radius 3 is 2.62 bits per heavy atom. The van der Waals surface area contributed by atoms with E-state index in [1.54, 1.807) is 24.3 Å². The molecule has 0 radical (unpaired) electrons. The highest BCUT2D eigenvalue weighted by molar-refractivity contribution is 7.80. The van der Waals surface area contributed by atoms with E-state index in [9.17, 15) is 14.9 Å². The summed E-state index contributed by atoms with van der Waals surface area (Å²) in [5, 5.41) is 18.7. The fourth-order valence-electron chi connectivity index (χ4n) is 4.31. The van der Waals surface area contributed by atoms with Gasteiger partial charge in [0.25, 0.3) is 11.6 Å². The largest absolute Gasteiger partial charge is 0.366 e. The second-order valence-corrected chi connectivity index (χ2v) is 10.4. The van der Waals surface area contributed by atoms with Gasteiger partial charge in [0, 0.05) is 36.0 Å². The molecule has 1 saturated heterocycles. The molecule has 188 valence electrons. The number of hydrogen-bond acceptors (Lipinski definition) is 7. The third-order valence-corrected chi connectivity index (χ3v) is 7.71. The summed E-state index contributed by atoms with van der Waals surface area (Å²) in [7, 11) is 0. The van der Waals surface area contributed by atoms with E-state index in [4.69, 9.17) is 23.8 Å². The zero-order valence-corrected chi connectivity index (χ0v) is 22.0. The van der Waals surface area contributed by atoms with Crippen LogP contribution in [0.1, 0.15) is 29.6 Å². The number of nitro groups is 1. The number of fused-ring (bicyclic) bond motifs is 1. The van der Waals surface area contributed by atoms with Gasteiger partial charge in [-0.05, 0) is 73.9 Å². The van der Waals surface area contributed by atoms with Crippen molar-refractivity contribution in [3.05, 3.63) is 81.4 Å². The van der Waals surface area contributed by atoms with Gasteiger partial charge in [-0.15, -0.1) is 11.3 Å².